The SMILES string of the molecule is Cc1c(C(=O)NNC(=S)N[C@@H]2CCC[C@H](C)[C@@H]2C)oc2ccccc12. The fourth-order valence-electron chi connectivity index (χ4n) is 3.55. The van der Waals surface area contributed by atoms with E-state index in [0.717, 1.165) is 17.4 Å². The van der Waals surface area contributed by atoms with Crippen LogP contribution in [-0.4, -0.2) is 17.1 Å². The van der Waals surface area contributed by atoms with E-state index >= 15 is 0 Å². The van der Waals surface area contributed by atoms with E-state index in [2.05, 4.69) is 30.0 Å². The van der Waals surface area contributed by atoms with Crippen molar-refractivity contribution < 1.29 is 9.21 Å². The van der Waals surface area contributed by atoms with Crippen LogP contribution in [0, 0.1) is 18.8 Å². The van der Waals surface area contributed by atoms with E-state index in [9.17, 15) is 4.79 Å². The Labute approximate surface area is 153 Å². The van der Waals surface area contributed by atoms with Crippen molar-refractivity contribution in [2.45, 2.75) is 46.1 Å². The molecule has 1 aliphatic rings. The maximum atomic E-state index is 12.4. The van der Waals surface area contributed by atoms with E-state index in [-0.39, 0.29) is 5.91 Å². The van der Waals surface area contributed by atoms with Crippen LogP contribution in [0.5, 0.6) is 0 Å². The Bertz CT molecular complexity index is 786. The lowest BCUT2D eigenvalue weighted by Gasteiger charge is -2.35. The molecule has 3 rings (SSSR count). The second-order valence-electron chi connectivity index (χ2n) is 6.98. The molecule has 0 radical (unpaired) electrons. The Balaban J connectivity index is 1.58. The minimum atomic E-state index is -0.331. The van der Waals surface area contributed by atoms with Gasteiger partial charge in [-0.25, -0.2) is 0 Å². The highest BCUT2D eigenvalue weighted by Gasteiger charge is 2.27. The average molecular weight is 359 g/mol. The van der Waals surface area contributed by atoms with Crippen molar-refractivity contribution in [3.8, 4) is 0 Å². The number of furan rings is 1. The molecule has 6 heteroatoms. The summed E-state index contributed by atoms with van der Waals surface area (Å²) in [6.07, 6.45) is 3.57. The van der Waals surface area contributed by atoms with Crippen molar-refractivity contribution in [3.05, 3.63) is 35.6 Å². The van der Waals surface area contributed by atoms with Crippen LogP contribution in [-0.2, 0) is 0 Å². The number of rotatable bonds is 2. The first-order chi connectivity index (χ1) is 12.0. The van der Waals surface area contributed by atoms with E-state index in [1.54, 1.807) is 0 Å². The smallest absolute Gasteiger partial charge is 0.305 e. The summed E-state index contributed by atoms with van der Waals surface area (Å²) in [4.78, 5) is 12.4. The predicted octanol–water partition coefficient (Wildman–Crippen LogP) is 3.67. The minimum Gasteiger partial charge on any atom is -0.451 e. The molecule has 1 fully saturated rings. The summed E-state index contributed by atoms with van der Waals surface area (Å²) >= 11 is 5.32. The normalized spacial score (nSPS) is 23.2. The number of carbonyl (C=O) groups is 1. The molecule has 1 aliphatic carbocycles. The molecule has 0 unspecified atom stereocenters. The van der Waals surface area contributed by atoms with Gasteiger partial charge in [0.1, 0.15) is 5.58 Å². The number of aryl methyl sites for hydroxylation is 1. The molecular formula is C19H25N3O2S. The molecular weight excluding hydrogens is 334 g/mol. The monoisotopic (exact) mass is 359 g/mol. The number of nitrogens with one attached hydrogen (secondary N) is 3. The zero-order valence-corrected chi connectivity index (χ0v) is 15.7. The standard InChI is InChI=1S/C19H25N3O2S/c1-11-7-6-9-15(12(11)2)20-19(25)22-21-18(23)17-13(3)14-8-4-5-10-16(14)24-17/h4-5,8,10-12,15H,6-7,9H2,1-3H3,(H,21,23)(H2,20,22,25)/t11-,12-,15+/m0/s1. The van der Waals surface area contributed by atoms with E-state index in [4.69, 9.17) is 16.6 Å². The van der Waals surface area contributed by atoms with Gasteiger partial charge in [-0.1, -0.05) is 44.9 Å². The van der Waals surface area contributed by atoms with Crippen LogP contribution in [0.2, 0.25) is 0 Å². The van der Waals surface area contributed by atoms with Gasteiger partial charge >= 0.3 is 5.91 Å². The molecule has 0 spiro atoms. The number of benzene rings is 1. The topological polar surface area (TPSA) is 66.3 Å². The van der Waals surface area contributed by atoms with Gasteiger partial charge < -0.3 is 9.73 Å². The van der Waals surface area contributed by atoms with Crippen LogP contribution in [0.15, 0.2) is 28.7 Å². The third-order valence-electron chi connectivity index (χ3n) is 5.36. The highest BCUT2D eigenvalue weighted by Crippen LogP contribution is 2.29. The lowest BCUT2D eigenvalue weighted by molar-refractivity contribution is 0.0916. The van der Waals surface area contributed by atoms with Crippen molar-refractivity contribution in [1.82, 2.24) is 16.2 Å². The summed E-state index contributed by atoms with van der Waals surface area (Å²) in [7, 11) is 0. The molecule has 0 bridgehead atoms. The summed E-state index contributed by atoms with van der Waals surface area (Å²) in [5.41, 5.74) is 6.95. The van der Waals surface area contributed by atoms with Crippen LogP contribution in [0.25, 0.3) is 11.0 Å². The number of hydrogen-bond acceptors (Lipinski definition) is 3. The van der Waals surface area contributed by atoms with Crippen molar-refractivity contribution in [2.75, 3.05) is 0 Å². The average Bonchev–Trinajstić information content (AvgIpc) is 2.94. The Morgan fingerprint density at radius 1 is 1.20 bits per heavy atom. The first-order valence-electron chi connectivity index (χ1n) is 8.82. The van der Waals surface area contributed by atoms with Gasteiger partial charge in [-0.3, -0.25) is 15.6 Å². The number of carbonyl (C=O) groups excluding carboxylic acids is 1. The van der Waals surface area contributed by atoms with Crippen molar-refractivity contribution in [1.29, 1.82) is 0 Å². The highest BCUT2D eigenvalue weighted by atomic mass is 32.1. The molecule has 0 aliphatic heterocycles. The van der Waals surface area contributed by atoms with E-state index in [1.165, 1.54) is 12.8 Å². The van der Waals surface area contributed by atoms with Gasteiger partial charge in [-0.15, -0.1) is 0 Å². The van der Waals surface area contributed by atoms with E-state index in [1.807, 2.05) is 31.2 Å². The molecule has 25 heavy (non-hydrogen) atoms. The molecule has 3 atom stereocenters. The van der Waals surface area contributed by atoms with Gasteiger partial charge in [0.05, 0.1) is 0 Å². The molecule has 1 heterocycles. The van der Waals surface area contributed by atoms with Crippen molar-refractivity contribution in [3.63, 3.8) is 0 Å². The Morgan fingerprint density at radius 3 is 2.72 bits per heavy atom. The molecule has 5 nitrogen and oxygen atoms in total. The molecule has 1 saturated carbocycles. The fourth-order valence-corrected chi connectivity index (χ4v) is 3.75. The summed E-state index contributed by atoms with van der Waals surface area (Å²) in [6.45, 7) is 6.41. The quantitative estimate of drug-likeness (QED) is 0.564. The summed E-state index contributed by atoms with van der Waals surface area (Å²) < 4.78 is 5.66. The second-order valence-corrected chi connectivity index (χ2v) is 7.39. The first kappa shape index (κ1) is 17.7. The molecule has 1 aromatic heterocycles. The van der Waals surface area contributed by atoms with Crippen LogP contribution in [0.1, 0.15) is 49.2 Å². The van der Waals surface area contributed by atoms with Gasteiger partial charge in [0.25, 0.3) is 0 Å². The first-order valence-corrected chi connectivity index (χ1v) is 9.23. The van der Waals surface area contributed by atoms with Gasteiger partial charge in [-0.05, 0) is 43.5 Å². The molecule has 2 aromatic rings. The van der Waals surface area contributed by atoms with Crippen LogP contribution < -0.4 is 16.2 Å². The molecule has 1 amide bonds. The van der Waals surface area contributed by atoms with E-state index in [0.29, 0.717) is 34.3 Å². The lowest BCUT2D eigenvalue weighted by Crippen LogP contribution is -2.52. The predicted molar refractivity (Wildman–Crippen MR) is 103 cm³/mol. The maximum absolute atomic E-state index is 12.4. The second kappa shape index (κ2) is 7.44. The Kier molecular flexibility index (Phi) is 5.27. The summed E-state index contributed by atoms with van der Waals surface area (Å²) in [6, 6.07) is 7.95. The number of para-hydroxylation sites is 1. The van der Waals surface area contributed by atoms with Crippen LogP contribution >= 0.6 is 12.2 Å². The molecule has 134 valence electrons. The molecule has 0 saturated heterocycles. The molecule has 3 N–H and O–H groups in total. The van der Waals surface area contributed by atoms with Crippen LogP contribution in [0.3, 0.4) is 0 Å². The van der Waals surface area contributed by atoms with Gasteiger partial charge in [0, 0.05) is 17.0 Å². The number of thiocarbonyl (C=S) groups is 1. The zero-order valence-electron chi connectivity index (χ0n) is 14.9. The highest BCUT2D eigenvalue weighted by molar-refractivity contribution is 7.80. The zero-order chi connectivity index (χ0) is 18.0. The largest absolute Gasteiger partial charge is 0.451 e. The maximum Gasteiger partial charge on any atom is 0.305 e. The minimum absolute atomic E-state index is 0.302. The van der Waals surface area contributed by atoms with Gasteiger partial charge in [0.15, 0.2) is 10.9 Å². The Hall–Kier alpha value is -2.08. The molecule has 1 aromatic carbocycles. The fraction of sp³-hybridized carbons (Fsp3) is 0.474. The third kappa shape index (κ3) is 3.79. The number of amides is 1. The number of fused-ring (bicyclic) bond motifs is 1. The van der Waals surface area contributed by atoms with Crippen LogP contribution in [0.4, 0.5) is 0 Å². The van der Waals surface area contributed by atoms with Crippen molar-refractivity contribution >= 4 is 34.2 Å². The number of hydrazine groups is 1. The van der Waals surface area contributed by atoms with Gasteiger partial charge in [0.2, 0.25) is 0 Å². The Morgan fingerprint density at radius 2 is 1.96 bits per heavy atom. The number of hydrogen-bond donors (Lipinski definition) is 3. The summed E-state index contributed by atoms with van der Waals surface area (Å²) in [5.74, 6) is 1.21. The van der Waals surface area contributed by atoms with Crippen molar-refractivity contribution in [2.24, 2.45) is 11.8 Å². The summed E-state index contributed by atoms with van der Waals surface area (Å²) in [5, 5.41) is 4.70. The third-order valence-corrected chi connectivity index (χ3v) is 5.58. The van der Waals surface area contributed by atoms with Gasteiger partial charge in [-0.2, -0.15) is 0 Å². The van der Waals surface area contributed by atoms with E-state index < -0.39 is 0 Å². The lowest BCUT2D eigenvalue weighted by atomic mass is 9.78.